The van der Waals surface area contributed by atoms with Crippen LogP contribution in [0.1, 0.15) is 33.6 Å². The van der Waals surface area contributed by atoms with Crippen molar-refractivity contribution in [3.63, 3.8) is 0 Å². The first-order chi connectivity index (χ1) is 7.51. The second kappa shape index (κ2) is 8.84. The second-order valence-electron chi connectivity index (χ2n) is 4.10. The molecule has 0 aliphatic rings. The van der Waals surface area contributed by atoms with Gasteiger partial charge in [-0.1, -0.05) is 20.8 Å². The highest BCUT2D eigenvalue weighted by Gasteiger charge is 2.22. The second-order valence-corrected chi connectivity index (χ2v) is 5.68. The number of carboxylic acid groups (broad SMARTS) is 1. The Balaban J connectivity index is 4.26. The Morgan fingerprint density at radius 1 is 1.50 bits per heavy atom. The summed E-state index contributed by atoms with van der Waals surface area (Å²) < 4.78 is 0. The fraction of sp³-hybridized carbons (Fsp3) is 0.909. The number of carboxylic acids is 1. The first-order valence-electron chi connectivity index (χ1n) is 5.81. The van der Waals surface area contributed by atoms with E-state index in [1.807, 2.05) is 13.8 Å². The zero-order valence-corrected chi connectivity index (χ0v) is 11.2. The maximum absolute atomic E-state index is 11.1. The first-order valence-corrected chi connectivity index (χ1v) is 6.86. The number of hydrogen-bond donors (Lipinski definition) is 3. The van der Waals surface area contributed by atoms with E-state index in [1.54, 1.807) is 11.8 Å². The van der Waals surface area contributed by atoms with Crippen LogP contribution >= 0.6 is 11.8 Å². The topological polar surface area (TPSA) is 75.3 Å². The Hall–Kier alpha value is -0.260. The minimum absolute atomic E-state index is 0.186. The molecule has 0 heterocycles. The maximum Gasteiger partial charge on any atom is 0.320 e. The number of aliphatic carboxylic acids is 1. The molecular weight excluding hydrogens is 224 g/mol. The van der Waals surface area contributed by atoms with Crippen molar-refractivity contribution in [1.82, 2.24) is 5.32 Å². The minimum atomic E-state index is -0.771. The number of nitrogens with two attached hydrogens (primary N) is 1. The smallest absolute Gasteiger partial charge is 0.320 e. The Kier molecular flexibility index (Phi) is 8.70. The molecule has 0 aromatic rings. The summed E-state index contributed by atoms with van der Waals surface area (Å²) in [6.45, 7) is 6.62. The van der Waals surface area contributed by atoms with Crippen LogP contribution in [-0.4, -0.2) is 40.7 Å². The van der Waals surface area contributed by atoms with Gasteiger partial charge < -0.3 is 16.2 Å². The molecule has 0 rings (SSSR count). The van der Waals surface area contributed by atoms with E-state index in [1.165, 1.54) is 0 Å². The molecule has 0 aliphatic carbocycles. The molecule has 0 bridgehead atoms. The molecular formula is C11H24N2O2S. The molecule has 5 heteroatoms. The van der Waals surface area contributed by atoms with Crippen LogP contribution in [0.2, 0.25) is 0 Å². The van der Waals surface area contributed by atoms with Gasteiger partial charge >= 0.3 is 5.97 Å². The lowest BCUT2D eigenvalue weighted by molar-refractivity contribution is -0.139. The van der Waals surface area contributed by atoms with Crippen LogP contribution in [0.3, 0.4) is 0 Å². The van der Waals surface area contributed by atoms with Crippen LogP contribution in [0.15, 0.2) is 0 Å². The molecule has 0 aromatic carbocycles. The van der Waals surface area contributed by atoms with Gasteiger partial charge in [0.1, 0.15) is 6.04 Å². The van der Waals surface area contributed by atoms with E-state index in [9.17, 15) is 4.79 Å². The minimum Gasteiger partial charge on any atom is -0.480 e. The van der Waals surface area contributed by atoms with E-state index in [-0.39, 0.29) is 6.04 Å². The van der Waals surface area contributed by atoms with Gasteiger partial charge in [0.15, 0.2) is 0 Å². The number of rotatable bonds is 9. The Labute approximate surface area is 102 Å². The van der Waals surface area contributed by atoms with Crippen molar-refractivity contribution in [2.75, 3.05) is 12.3 Å². The summed E-state index contributed by atoms with van der Waals surface area (Å²) in [5.41, 5.74) is 5.53. The van der Waals surface area contributed by atoms with Crippen LogP contribution in [0.4, 0.5) is 0 Å². The number of thioether (sulfide) groups is 1. The third-order valence-corrected chi connectivity index (χ3v) is 3.46. The standard InChI is InChI=1S/C11H24N2O2S/c1-4-16-9(5-6-12)7-10(11(14)15)13-8(2)3/h8-10,13H,4-7,12H2,1-3H3,(H,14,15). The van der Waals surface area contributed by atoms with Crippen molar-refractivity contribution in [2.45, 2.75) is 50.9 Å². The van der Waals surface area contributed by atoms with Gasteiger partial charge in [0.2, 0.25) is 0 Å². The normalized spacial score (nSPS) is 15.1. The van der Waals surface area contributed by atoms with Gasteiger partial charge in [-0.2, -0.15) is 11.8 Å². The highest BCUT2D eigenvalue weighted by atomic mass is 32.2. The first kappa shape index (κ1) is 15.7. The van der Waals surface area contributed by atoms with Crippen molar-refractivity contribution >= 4 is 17.7 Å². The lowest BCUT2D eigenvalue weighted by Crippen LogP contribution is -2.42. The number of carbonyl (C=O) groups is 1. The van der Waals surface area contributed by atoms with Crippen LogP contribution in [0.5, 0.6) is 0 Å². The van der Waals surface area contributed by atoms with E-state index < -0.39 is 12.0 Å². The summed E-state index contributed by atoms with van der Waals surface area (Å²) >= 11 is 1.79. The maximum atomic E-state index is 11.1. The fourth-order valence-electron chi connectivity index (χ4n) is 1.60. The van der Waals surface area contributed by atoms with Gasteiger partial charge in [-0.15, -0.1) is 0 Å². The van der Waals surface area contributed by atoms with Crippen LogP contribution in [-0.2, 0) is 4.79 Å². The Morgan fingerprint density at radius 2 is 2.12 bits per heavy atom. The lowest BCUT2D eigenvalue weighted by Gasteiger charge is -2.22. The largest absolute Gasteiger partial charge is 0.480 e. The van der Waals surface area contributed by atoms with Crippen molar-refractivity contribution in [1.29, 1.82) is 0 Å². The predicted molar refractivity (Wildman–Crippen MR) is 69.9 cm³/mol. The lowest BCUT2D eigenvalue weighted by atomic mass is 10.1. The van der Waals surface area contributed by atoms with Gasteiger partial charge in [0, 0.05) is 11.3 Å². The van der Waals surface area contributed by atoms with Gasteiger partial charge in [-0.05, 0) is 25.1 Å². The molecule has 0 spiro atoms. The van der Waals surface area contributed by atoms with E-state index >= 15 is 0 Å². The molecule has 0 aromatic heterocycles. The quantitative estimate of drug-likeness (QED) is 0.573. The molecule has 0 aliphatic heterocycles. The third-order valence-electron chi connectivity index (χ3n) is 2.22. The molecule has 0 amide bonds. The summed E-state index contributed by atoms with van der Waals surface area (Å²) in [6, 6.07) is -0.276. The van der Waals surface area contributed by atoms with Gasteiger partial charge in [0.05, 0.1) is 0 Å². The zero-order valence-electron chi connectivity index (χ0n) is 10.4. The highest BCUT2D eigenvalue weighted by Crippen LogP contribution is 2.19. The predicted octanol–water partition coefficient (Wildman–Crippen LogP) is 1.30. The highest BCUT2D eigenvalue weighted by molar-refractivity contribution is 7.99. The molecule has 0 saturated carbocycles. The molecule has 96 valence electrons. The molecule has 2 atom stereocenters. The van der Waals surface area contributed by atoms with E-state index in [0.717, 1.165) is 12.2 Å². The monoisotopic (exact) mass is 248 g/mol. The van der Waals surface area contributed by atoms with Gasteiger partial charge in [-0.25, -0.2) is 0 Å². The summed E-state index contributed by atoms with van der Waals surface area (Å²) in [5.74, 6) is 0.228. The average molecular weight is 248 g/mol. The van der Waals surface area contributed by atoms with Crippen LogP contribution < -0.4 is 11.1 Å². The fourth-order valence-corrected chi connectivity index (χ4v) is 2.70. The molecule has 4 N–H and O–H groups in total. The molecule has 2 unspecified atom stereocenters. The van der Waals surface area contributed by atoms with Crippen molar-refractivity contribution in [3.8, 4) is 0 Å². The van der Waals surface area contributed by atoms with E-state index in [0.29, 0.717) is 18.2 Å². The molecule has 0 saturated heterocycles. The number of nitrogens with one attached hydrogen (secondary N) is 1. The van der Waals surface area contributed by atoms with Gasteiger partial charge in [-0.3, -0.25) is 4.79 Å². The van der Waals surface area contributed by atoms with Crippen molar-refractivity contribution in [2.24, 2.45) is 5.73 Å². The summed E-state index contributed by atoms with van der Waals surface area (Å²) in [6.07, 6.45) is 1.52. The SMILES string of the molecule is CCSC(CCN)CC(NC(C)C)C(=O)O. The summed E-state index contributed by atoms with van der Waals surface area (Å²) in [7, 11) is 0. The third kappa shape index (κ3) is 7.09. The molecule has 16 heavy (non-hydrogen) atoms. The summed E-state index contributed by atoms with van der Waals surface area (Å²) in [5, 5.41) is 12.5. The summed E-state index contributed by atoms with van der Waals surface area (Å²) in [4.78, 5) is 11.1. The van der Waals surface area contributed by atoms with Crippen LogP contribution in [0.25, 0.3) is 0 Å². The average Bonchev–Trinajstić information content (AvgIpc) is 2.16. The Morgan fingerprint density at radius 3 is 2.50 bits per heavy atom. The van der Waals surface area contributed by atoms with Gasteiger partial charge in [0.25, 0.3) is 0 Å². The molecule has 4 nitrogen and oxygen atoms in total. The van der Waals surface area contributed by atoms with E-state index in [4.69, 9.17) is 10.8 Å². The molecule has 0 fully saturated rings. The molecule has 0 radical (unpaired) electrons. The van der Waals surface area contributed by atoms with Crippen molar-refractivity contribution in [3.05, 3.63) is 0 Å². The number of hydrogen-bond acceptors (Lipinski definition) is 4. The van der Waals surface area contributed by atoms with E-state index in [2.05, 4.69) is 12.2 Å². The van der Waals surface area contributed by atoms with Crippen molar-refractivity contribution < 1.29 is 9.90 Å². The zero-order chi connectivity index (χ0) is 12.6. The van der Waals surface area contributed by atoms with Crippen LogP contribution in [0, 0.1) is 0 Å². The Bertz CT molecular complexity index is 194.